The normalized spacial score (nSPS) is 18.6. The average molecular weight is 180 g/mol. The summed E-state index contributed by atoms with van der Waals surface area (Å²) in [7, 11) is -2.40. The van der Waals surface area contributed by atoms with Crippen LogP contribution in [0.3, 0.4) is 0 Å². The van der Waals surface area contributed by atoms with E-state index in [2.05, 4.69) is 4.74 Å². The van der Waals surface area contributed by atoms with E-state index in [9.17, 15) is 13.2 Å². The quantitative estimate of drug-likeness (QED) is 0.585. The summed E-state index contributed by atoms with van der Waals surface area (Å²) >= 11 is 0. The SMILES string of the molecule is CNS(=O)(=O)N1CCOC1=O. The molecule has 0 aromatic carbocycles. The predicted molar refractivity (Wildman–Crippen MR) is 36.0 cm³/mol. The lowest BCUT2D eigenvalue weighted by atomic mass is 10.7. The van der Waals surface area contributed by atoms with Crippen molar-refractivity contribution in [3.8, 4) is 0 Å². The third-order valence-corrected chi connectivity index (χ3v) is 2.70. The number of ether oxygens (including phenoxy) is 1. The Morgan fingerprint density at radius 2 is 2.27 bits per heavy atom. The molecule has 7 heteroatoms. The summed E-state index contributed by atoms with van der Waals surface area (Å²) in [4.78, 5) is 10.7. The Balaban J connectivity index is 2.83. The van der Waals surface area contributed by atoms with Crippen LogP contribution in [0.1, 0.15) is 0 Å². The van der Waals surface area contributed by atoms with Crippen molar-refractivity contribution in [2.75, 3.05) is 20.2 Å². The average Bonchev–Trinajstić information content (AvgIpc) is 2.36. The summed E-state index contributed by atoms with van der Waals surface area (Å²) in [6.45, 7) is 0.210. The van der Waals surface area contributed by atoms with Crippen LogP contribution in [0.25, 0.3) is 0 Å². The molecule has 1 rings (SSSR count). The summed E-state index contributed by atoms with van der Waals surface area (Å²) in [5.41, 5.74) is 0. The molecule has 1 fully saturated rings. The summed E-state index contributed by atoms with van der Waals surface area (Å²) in [6.07, 6.45) is -0.820. The Morgan fingerprint density at radius 1 is 1.64 bits per heavy atom. The van der Waals surface area contributed by atoms with Gasteiger partial charge in [-0.1, -0.05) is 0 Å². The Labute approximate surface area is 64.3 Å². The van der Waals surface area contributed by atoms with Gasteiger partial charge >= 0.3 is 16.3 Å². The van der Waals surface area contributed by atoms with Gasteiger partial charge in [0.25, 0.3) is 0 Å². The second kappa shape index (κ2) is 2.67. The summed E-state index contributed by atoms with van der Waals surface area (Å²) in [5.74, 6) is 0. The van der Waals surface area contributed by atoms with Gasteiger partial charge in [-0.2, -0.15) is 12.7 Å². The van der Waals surface area contributed by atoms with Crippen LogP contribution in [0.15, 0.2) is 0 Å². The second-order valence-corrected chi connectivity index (χ2v) is 3.69. The first-order valence-electron chi connectivity index (χ1n) is 2.96. The highest BCUT2D eigenvalue weighted by Crippen LogP contribution is 2.06. The monoisotopic (exact) mass is 180 g/mol. The Kier molecular flexibility index (Phi) is 2.01. The number of hydrogen-bond acceptors (Lipinski definition) is 4. The zero-order valence-corrected chi connectivity index (χ0v) is 6.72. The van der Waals surface area contributed by atoms with Gasteiger partial charge in [0.05, 0.1) is 6.54 Å². The first-order valence-corrected chi connectivity index (χ1v) is 4.40. The van der Waals surface area contributed by atoms with Crippen LogP contribution < -0.4 is 4.72 Å². The number of carbonyl (C=O) groups is 1. The van der Waals surface area contributed by atoms with E-state index in [1.807, 2.05) is 4.72 Å². The van der Waals surface area contributed by atoms with Gasteiger partial charge in [-0.3, -0.25) is 0 Å². The predicted octanol–water partition coefficient (Wildman–Crippen LogP) is -1.10. The fourth-order valence-electron chi connectivity index (χ4n) is 0.708. The third-order valence-electron chi connectivity index (χ3n) is 1.27. The maximum absolute atomic E-state index is 10.9. The molecule has 0 saturated carbocycles. The molecule has 0 spiro atoms. The molecule has 0 unspecified atom stereocenters. The summed E-state index contributed by atoms with van der Waals surface area (Å²) in [5, 5.41) is 0. The fourth-order valence-corrected chi connectivity index (χ4v) is 1.49. The van der Waals surface area contributed by atoms with E-state index in [1.54, 1.807) is 0 Å². The minimum Gasteiger partial charge on any atom is -0.447 e. The van der Waals surface area contributed by atoms with Crippen LogP contribution in [0.4, 0.5) is 4.79 Å². The lowest BCUT2D eigenvalue weighted by molar-refractivity contribution is 0.170. The number of rotatable bonds is 2. The lowest BCUT2D eigenvalue weighted by Crippen LogP contribution is -2.39. The van der Waals surface area contributed by atoms with Gasteiger partial charge in [0.1, 0.15) is 6.61 Å². The zero-order valence-electron chi connectivity index (χ0n) is 5.90. The smallest absolute Gasteiger partial charge is 0.424 e. The van der Waals surface area contributed by atoms with Crippen molar-refractivity contribution in [2.45, 2.75) is 0 Å². The molecule has 1 amide bonds. The molecular weight excluding hydrogens is 172 g/mol. The lowest BCUT2D eigenvalue weighted by Gasteiger charge is -2.10. The van der Waals surface area contributed by atoms with Gasteiger partial charge in [0, 0.05) is 7.05 Å². The van der Waals surface area contributed by atoms with Crippen LogP contribution >= 0.6 is 0 Å². The van der Waals surface area contributed by atoms with Crippen molar-refractivity contribution in [2.24, 2.45) is 0 Å². The molecule has 1 N–H and O–H groups in total. The van der Waals surface area contributed by atoms with E-state index in [4.69, 9.17) is 0 Å². The van der Waals surface area contributed by atoms with Gasteiger partial charge in [-0.15, -0.1) is 0 Å². The highest BCUT2D eigenvalue weighted by Gasteiger charge is 2.31. The molecule has 1 heterocycles. The molecule has 0 bridgehead atoms. The third kappa shape index (κ3) is 1.43. The number of nitrogens with zero attached hydrogens (tertiary/aromatic N) is 1. The zero-order chi connectivity index (χ0) is 8.48. The van der Waals surface area contributed by atoms with E-state index in [0.29, 0.717) is 4.31 Å². The first-order chi connectivity index (χ1) is 5.08. The van der Waals surface area contributed by atoms with Crippen LogP contribution in [0.2, 0.25) is 0 Å². The molecule has 11 heavy (non-hydrogen) atoms. The number of carbonyl (C=O) groups excluding carboxylic acids is 1. The van der Waals surface area contributed by atoms with E-state index < -0.39 is 16.3 Å². The topological polar surface area (TPSA) is 75.7 Å². The van der Waals surface area contributed by atoms with Gasteiger partial charge in [-0.05, 0) is 0 Å². The van der Waals surface area contributed by atoms with Crippen molar-refractivity contribution in [3.63, 3.8) is 0 Å². The van der Waals surface area contributed by atoms with Crippen molar-refractivity contribution in [1.29, 1.82) is 0 Å². The van der Waals surface area contributed by atoms with Gasteiger partial charge in [-0.25, -0.2) is 9.52 Å². The van der Waals surface area contributed by atoms with Crippen LogP contribution in [0, 0.1) is 0 Å². The van der Waals surface area contributed by atoms with Crippen LogP contribution in [0.5, 0.6) is 0 Å². The van der Waals surface area contributed by atoms with Crippen molar-refractivity contribution in [3.05, 3.63) is 0 Å². The minimum absolute atomic E-state index is 0.0853. The van der Waals surface area contributed by atoms with E-state index in [0.717, 1.165) is 0 Å². The molecule has 0 radical (unpaired) electrons. The molecule has 0 aromatic rings. The van der Waals surface area contributed by atoms with Gasteiger partial charge < -0.3 is 4.74 Å². The van der Waals surface area contributed by atoms with Crippen molar-refractivity contribution < 1.29 is 17.9 Å². The minimum atomic E-state index is -3.64. The maximum Gasteiger partial charge on any atom is 0.424 e. The Bertz CT molecular complexity index is 259. The molecular formula is C4H8N2O4S. The molecule has 64 valence electrons. The maximum atomic E-state index is 10.9. The highest BCUT2D eigenvalue weighted by atomic mass is 32.2. The van der Waals surface area contributed by atoms with Crippen LogP contribution in [-0.4, -0.2) is 39.0 Å². The molecule has 1 saturated heterocycles. The molecule has 1 aliphatic rings. The molecule has 0 atom stereocenters. The Morgan fingerprint density at radius 3 is 2.64 bits per heavy atom. The number of nitrogens with one attached hydrogen (secondary N) is 1. The standard InChI is InChI=1S/C4H8N2O4S/c1-5-11(8,9)6-2-3-10-4(6)7/h5H,2-3H2,1H3. The number of hydrogen-bond donors (Lipinski definition) is 1. The van der Waals surface area contributed by atoms with E-state index in [1.165, 1.54) is 7.05 Å². The van der Waals surface area contributed by atoms with Crippen LogP contribution in [-0.2, 0) is 14.9 Å². The molecule has 0 aliphatic carbocycles. The van der Waals surface area contributed by atoms with Gasteiger partial charge in [0.2, 0.25) is 0 Å². The van der Waals surface area contributed by atoms with Crippen molar-refractivity contribution in [1.82, 2.24) is 9.03 Å². The Hall–Kier alpha value is -0.820. The van der Waals surface area contributed by atoms with E-state index in [-0.39, 0.29) is 13.2 Å². The highest BCUT2D eigenvalue weighted by molar-refractivity contribution is 7.87. The fraction of sp³-hybridized carbons (Fsp3) is 0.750. The summed E-state index contributed by atoms with van der Waals surface area (Å²) in [6, 6.07) is 0. The van der Waals surface area contributed by atoms with Crippen molar-refractivity contribution >= 4 is 16.3 Å². The second-order valence-electron chi connectivity index (χ2n) is 1.90. The first kappa shape index (κ1) is 8.28. The molecule has 6 nitrogen and oxygen atoms in total. The van der Waals surface area contributed by atoms with E-state index >= 15 is 0 Å². The molecule has 0 aromatic heterocycles. The number of cyclic esters (lactones) is 1. The molecule has 1 aliphatic heterocycles. The largest absolute Gasteiger partial charge is 0.447 e. The summed E-state index contributed by atoms with van der Waals surface area (Å²) < 4.78 is 28.9. The van der Waals surface area contributed by atoms with Gasteiger partial charge in [0.15, 0.2) is 0 Å². The number of amides is 1.